The highest BCUT2D eigenvalue weighted by Gasteiger charge is 2.14. The van der Waals surface area contributed by atoms with Crippen LogP contribution in [-0.2, 0) is 11.3 Å². The van der Waals surface area contributed by atoms with Gasteiger partial charge >= 0.3 is 0 Å². The minimum atomic E-state index is -0.111. The Labute approximate surface area is 143 Å². The third kappa shape index (κ3) is 4.83. The number of rotatable bonds is 7. The van der Waals surface area contributed by atoms with E-state index in [4.69, 9.17) is 9.47 Å². The van der Waals surface area contributed by atoms with E-state index in [-0.39, 0.29) is 18.1 Å². The number of carbonyl (C=O) groups excluding carboxylic acids is 1. The largest absolute Gasteiger partial charge is 0.496 e. The van der Waals surface area contributed by atoms with E-state index in [1.807, 2.05) is 57.2 Å². The van der Waals surface area contributed by atoms with Gasteiger partial charge in [-0.1, -0.05) is 30.3 Å². The molecule has 1 N–H and O–H groups in total. The van der Waals surface area contributed by atoms with Crippen LogP contribution in [-0.4, -0.2) is 19.1 Å². The summed E-state index contributed by atoms with van der Waals surface area (Å²) in [7, 11) is 1.62. The summed E-state index contributed by atoms with van der Waals surface area (Å²) in [6, 6.07) is 15.2. The lowest BCUT2D eigenvalue weighted by Gasteiger charge is -2.16. The van der Waals surface area contributed by atoms with Crippen LogP contribution in [0, 0.1) is 0 Å². The summed E-state index contributed by atoms with van der Waals surface area (Å²) < 4.78 is 11.0. The molecule has 1 atom stereocenters. The van der Waals surface area contributed by atoms with E-state index in [1.54, 1.807) is 19.2 Å². The normalized spacial score (nSPS) is 12.0. The van der Waals surface area contributed by atoms with Gasteiger partial charge in [-0.05, 0) is 44.5 Å². The van der Waals surface area contributed by atoms with Crippen molar-refractivity contribution in [1.29, 1.82) is 0 Å². The van der Waals surface area contributed by atoms with Crippen molar-refractivity contribution in [2.24, 2.45) is 0 Å². The molecule has 128 valence electrons. The molecule has 0 spiro atoms. The number of amides is 1. The zero-order valence-electron chi connectivity index (χ0n) is 14.7. The first-order chi connectivity index (χ1) is 11.5. The average Bonchev–Trinajstić information content (AvgIpc) is 2.60. The maximum Gasteiger partial charge on any atom is 0.251 e. The van der Waals surface area contributed by atoms with E-state index in [0.717, 1.165) is 16.9 Å². The van der Waals surface area contributed by atoms with Crippen LogP contribution in [0.5, 0.6) is 5.75 Å². The molecule has 0 aliphatic rings. The molecule has 0 heterocycles. The second-order valence-electron chi connectivity index (χ2n) is 5.99. The molecule has 0 saturated heterocycles. The first kappa shape index (κ1) is 18.0. The van der Waals surface area contributed by atoms with Crippen molar-refractivity contribution < 1.29 is 14.3 Å². The Kier molecular flexibility index (Phi) is 6.38. The van der Waals surface area contributed by atoms with Gasteiger partial charge < -0.3 is 14.8 Å². The third-order valence-electron chi connectivity index (χ3n) is 3.76. The van der Waals surface area contributed by atoms with E-state index in [1.165, 1.54) is 0 Å². The topological polar surface area (TPSA) is 47.6 Å². The van der Waals surface area contributed by atoms with Crippen molar-refractivity contribution in [2.45, 2.75) is 39.5 Å². The number of nitrogens with one attached hydrogen (secondary N) is 1. The quantitative estimate of drug-likeness (QED) is 0.832. The van der Waals surface area contributed by atoms with Crippen LogP contribution in [0.2, 0.25) is 0 Å². The SMILES string of the molecule is COc1ccc(C(=O)N[C@@H](C)c2ccccc2)cc1COC(C)C. The zero-order chi connectivity index (χ0) is 17.5. The number of hydrogen-bond donors (Lipinski definition) is 1. The van der Waals surface area contributed by atoms with E-state index >= 15 is 0 Å². The molecule has 0 fully saturated rings. The molecule has 0 bridgehead atoms. The summed E-state index contributed by atoms with van der Waals surface area (Å²) in [4.78, 5) is 12.5. The van der Waals surface area contributed by atoms with Crippen LogP contribution >= 0.6 is 0 Å². The molecule has 0 radical (unpaired) electrons. The molecule has 4 heteroatoms. The fraction of sp³-hybridized carbons (Fsp3) is 0.350. The summed E-state index contributed by atoms with van der Waals surface area (Å²) >= 11 is 0. The summed E-state index contributed by atoms with van der Waals surface area (Å²) in [5.74, 6) is 0.614. The Morgan fingerprint density at radius 3 is 2.42 bits per heavy atom. The van der Waals surface area contributed by atoms with Crippen molar-refractivity contribution in [1.82, 2.24) is 5.32 Å². The lowest BCUT2D eigenvalue weighted by atomic mass is 10.1. The Balaban J connectivity index is 2.12. The molecular weight excluding hydrogens is 302 g/mol. The average molecular weight is 327 g/mol. The predicted octanol–water partition coefficient (Wildman–Crippen LogP) is 4.11. The smallest absolute Gasteiger partial charge is 0.251 e. The predicted molar refractivity (Wildman–Crippen MR) is 95.2 cm³/mol. The first-order valence-corrected chi connectivity index (χ1v) is 8.15. The number of benzene rings is 2. The molecule has 2 aromatic rings. The molecule has 0 unspecified atom stereocenters. The van der Waals surface area contributed by atoms with Gasteiger partial charge in [0.25, 0.3) is 5.91 Å². The van der Waals surface area contributed by atoms with Gasteiger partial charge in [-0.15, -0.1) is 0 Å². The third-order valence-corrected chi connectivity index (χ3v) is 3.76. The Hall–Kier alpha value is -2.33. The highest BCUT2D eigenvalue weighted by atomic mass is 16.5. The summed E-state index contributed by atoms with van der Waals surface area (Å²) in [5.41, 5.74) is 2.54. The molecule has 4 nitrogen and oxygen atoms in total. The second kappa shape index (κ2) is 8.50. The molecule has 0 aliphatic carbocycles. The number of methoxy groups -OCH3 is 1. The Bertz CT molecular complexity index is 668. The van der Waals surface area contributed by atoms with Crippen molar-refractivity contribution in [3.63, 3.8) is 0 Å². The van der Waals surface area contributed by atoms with Crippen molar-refractivity contribution in [2.75, 3.05) is 7.11 Å². The van der Waals surface area contributed by atoms with Crippen LogP contribution in [0.25, 0.3) is 0 Å². The van der Waals surface area contributed by atoms with Gasteiger partial charge in [-0.2, -0.15) is 0 Å². The summed E-state index contributed by atoms with van der Waals surface area (Å²) in [6.07, 6.45) is 0.116. The van der Waals surface area contributed by atoms with E-state index in [9.17, 15) is 4.79 Å². The molecule has 1 amide bonds. The highest BCUT2D eigenvalue weighted by molar-refractivity contribution is 5.94. The second-order valence-corrected chi connectivity index (χ2v) is 5.99. The van der Waals surface area contributed by atoms with Gasteiger partial charge in [-0.3, -0.25) is 4.79 Å². The Morgan fingerprint density at radius 1 is 1.08 bits per heavy atom. The molecule has 24 heavy (non-hydrogen) atoms. The van der Waals surface area contributed by atoms with Crippen LogP contribution in [0.4, 0.5) is 0 Å². The standard InChI is InChI=1S/C20H25NO3/c1-14(2)24-13-18-12-17(10-11-19(18)23-4)20(22)21-15(3)16-8-6-5-7-9-16/h5-12,14-15H,13H2,1-4H3,(H,21,22)/t15-/m0/s1. The summed E-state index contributed by atoms with van der Waals surface area (Å²) in [5, 5.41) is 3.02. The molecule has 2 aromatic carbocycles. The maximum absolute atomic E-state index is 12.5. The lowest BCUT2D eigenvalue weighted by molar-refractivity contribution is 0.0644. The van der Waals surface area contributed by atoms with Crippen molar-refractivity contribution in [3.05, 3.63) is 65.2 Å². The lowest BCUT2D eigenvalue weighted by Crippen LogP contribution is -2.26. The van der Waals surface area contributed by atoms with Crippen LogP contribution in [0.15, 0.2) is 48.5 Å². The monoisotopic (exact) mass is 327 g/mol. The van der Waals surface area contributed by atoms with E-state index in [0.29, 0.717) is 12.2 Å². The van der Waals surface area contributed by atoms with Gasteiger partial charge in [0.2, 0.25) is 0 Å². The number of hydrogen-bond acceptors (Lipinski definition) is 3. The van der Waals surface area contributed by atoms with Gasteiger partial charge in [0.05, 0.1) is 25.9 Å². The minimum Gasteiger partial charge on any atom is -0.496 e. The maximum atomic E-state index is 12.5. The van der Waals surface area contributed by atoms with Gasteiger partial charge in [0, 0.05) is 11.1 Å². The number of carbonyl (C=O) groups is 1. The van der Waals surface area contributed by atoms with Gasteiger partial charge in [0.15, 0.2) is 0 Å². The van der Waals surface area contributed by atoms with Crippen molar-refractivity contribution >= 4 is 5.91 Å². The molecule has 0 saturated carbocycles. The molecular formula is C20H25NO3. The minimum absolute atomic E-state index is 0.0591. The fourth-order valence-corrected chi connectivity index (χ4v) is 2.39. The van der Waals surface area contributed by atoms with Gasteiger partial charge in [0.1, 0.15) is 5.75 Å². The molecule has 0 aromatic heterocycles. The zero-order valence-corrected chi connectivity index (χ0v) is 14.7. The van der Waals surface area contributed by atoms with Crippen LogP contribution < -0.4 is 10.1 Å². The number of ether oxygens (including phenoxy) is 2. The van der Waals surface area contributed by atoms with Crippen LogP contribution in [0.1, 0.15) is 48.3 Å². The molecule has 0 aliphatic heterocycles. The van der Waals surface area contributed by atoms with E-state index < -0.39 is 0 Å². The van der Waals surface area contributed by atoms with E-state index in [2.05, 4.69) is 5.32 Å². The van der Waals surface area contributed by atoms with Crippen LogP contribution in [0.3, 0.4) is 0 Å². The fourth-order valence-electron chi connectivity index (χ4n) is 2.39. The molecule has 2 rings (SSSR count). The van der Waals surface area contributed by atoms with Crippen molar-refractivity contribution in [3.8, 4) is 5.75 Å². The Morgan fingerprint density at radius 2 is 1.79 bits per heavy atom. The summed E-state index contributed by atoms with van der Waals surface area (Å²) in [6.45, 7) is 6.34. The highest BCUT2D eigenvalue weighted by Crippen LogP contribution is 2.22. The van der Waals surface area contributed by atoms with Gasteiger partial charge in [-0.25, -0.2) is 0 Å². The first-order valence-electron chi connectivity index (χ1n) is 8.15.